The molecule has 0 amide bonds. The van der Waals surface area contributed by atoms with Crippen LogP contribution in [0.4, 0.5) is 0 Å². The Morgan fingerprint density at radius 2 is 0.860 bits per heavy atom. The zero-order valence-electron chi connectivity index (χ0n) is 64.8. The fourth-order valence-electron chi connectivity index (χ4n) is 15.0. The van der Waals surface area contributed by atoms with Crippen molar-refractivity contribution < 1.29 is 57.1 Å². The number of unbranched alkanes of at least 4 members (excludes halogenated alkanes) is 10. The first-order valence-corrected chi connectivity index (χ1v) is 40.7. The lowest BCUT2D eigenvalue weighted by atomic mass is 9.77. The molecule has 0 bridgehead atoms. The van der Waals surface area contributed by atoms with Crippen LogP contribution in [0.3, 0.4) is 0 Å². The van der Waals surface area contributed by atoms with Crippen LogP contribution < -0.4 is 9.47 Å². The van der Waals surface area contributed by atoms with Crippen LogP contribution in [0.1, 0.15) is 289 Å². The van der Waals surface area contributed by atoms with Gasteiger partial charge in [-0.25, -0.2) is 19.2 Å². The molecular formula is C94H119NO12. The van der Waals surface area contributed by atoms with Crippen molar-refractivity contribution in [2.24, 2.45) is 17.8 Å². The number of hydrogen-bond acceptors (Lipinski definition) is 13. The van der Waals surface area contributed by atoms with Crippen molar-refractivity contribution in [1.82, 2.24) is 0 Å². The Balaban J connectivity index is 0.000000201. The molecule has 2 aliphatic heterocycles. The molecular weight excluding hydrogens is 1340 g/mol. The number of ether oxygens (including phenoxy) is 8. The molecule has 13 heteroatoms. The second kappa shape index (κ2) is 45.3. The van der Waals surface area contributed by atoms with Gasteiger partial charge in [0.05, 0.1) is 60.3 Å². The average molecular weight is 1450 g/mol. The van der Waals surface area contributed by atoms with Gasteiger partial charge < -0.3 is 37.9 Å². The highest BCUT2D eigenvalue weighted by molar-refractivity contribution is 5.91. The van der Waals surface area contributed by atoms with Gasteiger partial charge in [0.15, 0.2) is 18.3 Å². The van der Waals surface area contributed by atoms with Gasteiger partial charge in [-0.05, 0) is 219 Å². The molecule has 4 aliphatic rings. The van der Waals surface area contributed by atoms with Gasteiger partial charge in [0.1, 0.15) is 30.3 Å². The molecule has 0 N–H and O–H groups in total. The number of nitriles is 1. The highest BCUT2D eigenvalue weighted by Crippen LogP contribution is 2.40. The first-order valence-electron chi connectivity index (χ1n) is 40.7. The van der Waals surface area contributed by atoms with Crippen molar-refractivity contribution in [3.05, 3.63) is 226 Å². The van der Waals surface area contributed by atoms with Crippen molar-refractivity contribution in [3.63, 3.8) is 0 Å². The number of benzene rings is 7. The van der Waals surface area contributed by atoms with Crippen LogP contribution in [0.5, 0.6) is 11.5 Å². The predicted octanol–water partition coefficient (Wildman–Crippen LogP) is 23.1. The summed E-state index contributed by atoms with van der Waals surface area (Å²) in [6.45, 7) is 15.0. The van der Waals surface area contributed by atoms with Gasteiger partial charge in [-0.2, -0.15) is 5.26 Å². The summed E-state index contributed by atoms with van der Waals surface area (Å²) in [4.78, 5) is 51.9. The maximum Gasteiger partial charge on any atom is 0.338 e. The smallest absolute Gasteiger partial charge is 0.338 e. The van der Waals surface area contributed by atoms with Gasteiger partial charge in [0, 0.05) is 0 Å². The lowest BCUT2D eigenvalue weighted by Gasteiger charge is -2.29. The molecule has 2 saturated heterocycles. The summed E-state index contributed by atoms with van der Waals surface area (Å²) in [7, 11) is 0. The fourth-order valence-corrected chi connectivity index (χ4v) is 15.0. The SMILES string of the molecule is CCC(C)Cc1ccc(-c2ccc(C#N)cc2)cc1.CCCCCC1CCC(c2ccc(C(=O)OCC(OC(=O)c3ccc(C4CCC(CCCCC)CC4)cc3)c3ccccc3)cc2)CC1.CCCCCCOc1ccc(C(=O)OC2COC3C(OC(=O)c4ccc(OCCCCCC)cc4)COC23)cc1. The topological polar surface area (TPSA) is 166 Å². The second-order valence-electron chi connectivity index (χ2n) is 30.0. The van der Waals surface area contributed by atoms with E-state index in [1.165, 1.54) is 157 Å². The van der Waals surface area contributed by atoms with Crippen LogP contribution >= 0.6 is 0 Å². The third-order valence-electron chi connectivity index (χ3n) is 21.9. The predicted molar refractivity (Wildman–Crippen MR) is 425 cm³/mol. The van der Waals surface area contributed by atoms with E-state index in [0.29, 0.717) is 52.9 Å². The second-order valence-corrected chi connectivity index (χ2v) is 30.0. The molecule has 13 nitrogen and oxygen atoms in total. The lowest BCUT2D eigenvalue weighted by molar-refractivity contribution is -0.0287. The molecule has 107 heavy (non-hydrogen) atoms. The van der Waals surface area contributed by atoms with E-state index in [9.17, 15) is 19.2 Å². The van der Waals surface area contributed by atoms with Crippen LogP contribution in [0, 0.1) is 29.1 Å². The molecule has 7 aromatic rings. The highest BCUT2D eigenvalue weighted by Gasteiger charge is 2.51. The summed E-state index contributed by atoms with van der Waals surface area (Å²) in [6, 6.07) is 58.0. The summed E-state index contributed by atoms with van der Waals surface area (Å²) in [5.41, 5.74) is 9.79. The number of rotatable bonds is 36. The minimum absolute atomic E-state index is 0.0437. The monoisotopic (exact) mass is 1450 g/mol. The molecule has 0 spiro atoms. The minimum Gasteiger partial charge on any atom is -0.494 e. The molecule has 572 valence electrons. The molecule has 6 unspecified atom stereocenters. The quantitative estimate of drug-likeness (QED) is 0.0207. The van der Waals surface area contributed by atoms with Crippen LogP contribution in [-0.4, -0.2) is 81.3 Å². The number of carbonyl (C=O) groups is 4. The van der Waals surface area contributed by atoms with Gasteiger partial charge in [-0.15, -0.1) is 0 Å². The third kappa shape index (κ3) is 26.7. The van der Waals surface area contributed by atoms with E-state index in [1.54, 1.807) is 48.5 Å². The number of hydrogen-bond donors (Lipinski definition) is 0. The van der Waals surface area contributed by atoms with E-state index in [0.717, 1.165) is 72.5 Å². The molecule has 0 radical (unpaired) electrons. The normalized spacial score (nSPS) is 19.9. The Bertz CT molecular complexity index is 3660. The first kappa shape index (κ1) is 82.5. The number of nitrogens with zero attached hydrogens (tertiary/aromatic N) is 1. The van der Waals surface area contributed by atoms with Crippen molar-refractivity contribution in [2.45, 2.75) is 251 Å². The zero-order valence-corrected chi connectivity index (χ0v) is 64.8. The standard InChI is InChI=1S/C44H58O4.C32H42O8.C18H19N/c1-3-5-8-12-33-16-20-35(21-17-33)37-24-28-40(29-25-37)43(45)47-32-42(39-14-10-7-11-15-39)48-44(46)41-30-26-38(27-31-41)36-22-18-34(19-23-36)13-9-6-4-2;1-3-5-7-9-19-35-25-15-11-23(12-16-25)31(33)39-27-21-37-30-28(22-38-29(27)30)40-32(34)24-13-17-26(18-14-24)36-20-10-8-6-4-2;1-3-14(2)12-15-4-8-17(9-5-15)18-10-6-16(13-19)7-11-18/h7,10-11,14-15,24-31,33-36,42H,3-6,8-9,12-13,16-23,32H2,1-2H3;11-18,27-30H,3-10,19-22H2,1-2H3;4-11,14H,3,12H2,1-2H3. The van der Waals surface area contributed by atoms with Gasteiger partial charge in [-0.3, -0.25) is 0 Å². The molecule has 0 aromatic heterocycles. The van der Waals surface area contributed by atoms with Crippen LogP contribution in [0.15, 0.2) is 176 Å². The van der Waals surface area contributed by atoms with E-state index >= 15 is 0 Å². The highest BCUT2D eigenvalue weighted by atomic mass is 16.7. The van der Waals surface area contributed by atoms with Crippen LogP contribution in [0.2, 0.25) is 0 Å². The number of carbonyl (C=O) groups excluding carboxylic acids is 4. The maximum absolute atomic E-state index is 13.3. The summed E-state index contributed by atoms with van der Waals surface area (Å²) < 4.78 is 46.3. The van der Waals surface area contributed by atoms with E-state index in [1.807, 2.05) is 78.9 Å². The van der Waals surface area contributed by atoms with E-state index in [4.69, 9.17) is 43.2 Å². The van der Waals surface area contributed by atoms with Crippen molar-refractivity contribution in [1.29, 1.82) is 5.26 Å². The number of esters is 4. The molecule has 4 fully saturated rings. The lowest BCUT2D eigenvalue weighted by Crippen LogP contribution is -2.36. The fraction of sp³-hybridized carbons (Fsp3) is 0.500. The largest absolute Gasteiger partial charge is 0.494 e. The van der Waals surface area contributed by atoms with Gasteiger partial charge in [0.25, 0.3) is 0 Å². The summed E-state index contributed by atoms with van der Waals surface area (Å²) in [5.74, 6) is 3.36. The Morgan fingerprint density at radius 3 is 1.29 bits per heavy atom. The van der Waals surface area contributed by atoms with Gasteiger partial charge in [0.2, 0.25) is 0 Å². The molecule has 6 atom stereocenters. The van der Waals surface area contributed by atoms with Crippen molar-refractivity contribution >= 4 is 23.9 Å². The Labute approximate surface area is 639 Å². The summed E-state index contributed by atoms with van der Waals surface area (Å²) in [5, 5.41) is 8.79. The molecule has 11 rings (SSSR count). The van der Waals surface area contributed by atoms with Gasteiger partial charge >= 0.3 is 23.9 Å². The minimum atomic E-state index is -0.697. The molecule has 7 aromatic carbocycles. The third-order valence-corrected chi connectivity index (χ3v) is 21.9. The Hall–Kier alpha value is -8.57. The van der Waals surface area contributed by atoms with E-state index in [-0.39, 0.29) is 19.8 Å². The van der Waals surface area contributed by atoms with Gasteiger partial charge in [-0.1, -0.05) is 229 Å². The zero-order chi connectivity index (χ0) is 75.4. The van der Waals surface area contributed by atoms with Crippen molar-refractivity contribution in [2.75, 3.05) is 33.0 Å². The van der Waals surface area contributed by atoms with Crippen LogP contribution in [0.25, 0.3) is 11.1 Å². The summed E-state index contributed by atoms with van der Waals surface area (Å²) in [6.07, 6.45) is 29.5. The maximum atomic E-state index is 13.3. The Morgan fingerprint density at radius 1 is 0.449 bits per heavy atom. The van der Waals surface area contributed by atoms with E-state index in [2.05, 4.69) is 96.1 Å². The molecule has 2 aliphatic carbocycles. The van der Waals surface area contributed by atoms with Crippen molar-refractivity contribution in [3.8, 4) is 28.7 Å². The number of fused-ring (bicyclic) bond motifs is 1. The average Bonchev–Trinajstić information content (AvgIpc) is 1.65. The summed E-state index contributed by atoms with van der Waals surface area (Å²) >= 11 is 0. The molecule has 2 saturated carbocycles. The first-order chi connectivity index (χ1) is 52.3. The van der Waals surface area contributed by atoms with Crippen LogP contribution in [-0.2, 0) is 34.8 Å². The Kier molecular flexibility index (Phi) is 34.9. The van der Waals surface area contributed by atoms with E-state index < -0.39 is 54.4 Å². The molecule has 2 heterocycles.